The first-order valence-electron chi connectivity index (χ1n) is 8.64. The first kappa shape index (κ1) is 19.5. The SMILES string of the molecule is C[C@H]1CCCN(c2ccc(CNS(=O)(=O)c3cc(Cl)ccc3Cl)cc2)C1. The first-order valence-corrected chi connectivity index (χ1v) is 10.9. The molecule has 2 aromatic carbocycles. The summed E-state index contributed by atoms with van der Waals surface area (Å²) in [6.45, 7) is 4.61. The molecule has 1 N–H and O–H groups in total. The second-order valence-corrected chi connectivity index (χ2v) is 9.34. The molecule has 26 heavy (non-hydrogen) atoms. The van der Waals surface area contributed by atoms with Crippen LogP contribution in [0.3, 0.4) is 0 Å². The zero-order valence-electron chi connectivity index (χ0n) is 14.6. The molecular weight excluding hydrogens is 391 g/mol. The highest BCUT2D eigenvalue weighted by Crippen LogP contribution is 2.26. The van der Waals surface area contributed by atoms with Gasteiger partial charge in [0.1, 0.15) is 4.90 Å². The van der Waals surface area contributed by atoms with Crippen molar-refractivity contribution in [1.29, 1.82) is 0 Å². The molecule has 4 nitrogen and oxygen atoms in total. The van der Waals surface area contributed by atoms with Gasteiger partial charge in [0.15, 0.2) is 0 Å². The van der Waals surface area contributed by atoms with Crippen molar-refractivity contribution < 1.29 is 8.42 Å². The number of rotatable bonds is 5. The van der Waals surface area contributed by atoms with E-state index < -0.39 is 10.0 Å². The van der Waals surface area contributed by atoms with Gasteiger partial charge >= 0.3 is 0 Å². The van der Waals surface area contributed by atoms with E-state index in [0.29, 0.717) is 10.9 Å². The number of benzene rings is 2. The zero-order valence-corrected chi connectivity index (χ0v) is 16.9. The Labute approximate surface area is 165 Å². The molecule has 0 radical (unpaired) electrons. The minimum Gasteiger partial charge on any atom is -0.371 e. The summed E-state index contributed by atoms with van der Waals surface area (Å²) in [5.41, 5.74) is 2.07. The largest absolute Gasteiger partial charge is 0.371 e. The highest BCUT2D eigenvalue weighted by Gasteiger charge is 2.19. The van der Waals surface area contributed by atoms with E-state index in [0.717, 1.165) is 18.7 Å². The predicted molar refractivity (Wildman–Crippen MR) is 108 cm³/mol. The van der Waals surface area contributed by atoms with Crippen LogP contribution >= 0.6 is 23.2 Å². The highest BCUT2D eigenvalue weighted by atomic mass is 35.5. The van der Waals surface area contributed by atoms with Gasteiger partial charge in [0.25, 0.3) is 0 Å². The van der Waals surface area contributed by atoms with Crippen LogP contribution in [0.2, 0.25) is 10.0 Å². The van der Waals surface area contributed by atoms with Crippen molar-refractivity contribution >= 4 is 38.9 Å². The maximum Gasteiger partial charge on any atom is 0.242 e. The van der Waals surface area contributed by atoms with Gasteiger partial charge in [-0.2, -0.15) is 0 Å². The Hall–Kier alpha value is -1.27. The van der Waals surface area contributed by atoms with Crippen LogP contribution in [0, 0.1) is 5.92 Å². The van der Waals surface area contributed by atoms with E-state index in [2.05, 4.69) is 16.5 Å². The molecule has 1 aliphatic heterocycles. The van der Waals surface area contributed by atoms with Crippen LogP contribution in [0.4, 0.5) is 5.69 Å². The number of sulfonamides is 1. The maximum atomic E-state index is 12.5. The fraction of sp³-hybridized carbons (Fsp3) is 0.368. The van der Waals surface area contributed by atoms with Crippen LogP contribution in [-0.4, -0.2) is 21.5 Å². The van der Waals surface area contributed by atoms with Crippen LogP contribution < -0.4 is 9.62 Å². The van der Waals surface area contributed by atoms with Gasteiger partial charge in [-0.05, 0) is 54.7 Å². The van der Waals surface area contributed by atoms with E-state index in [1.165, 1.54) is 30.7 Å². The topological polar surface area (TPSA) is 49.4 Å². The average molecular weight is 413 g/mol. The molecule has 0 amide bonds. The number of piperidine rings is 1. The van der Waals surface area contributed by atoms with Gasteiger partial charge in [-0.3, -0.25) is 0 Å². The molecule has 1 aliphatic rings. The predicted octanol–water partition coefficient (Wildman–Crippen LogP) is 4.71. The van der Waals surface area contributed by atoms with Crippen molar-refractivity contribution in [2.45, 2.75) is 31.2 Å². The molecule has 140 valence electrons. The third-order valence-electron chi connectivity index (χ3n) is 4.61. The van der Waals surface area contributed by atoms with E-state index in [-0.39, 0.29) is 16.5 Å². The summed E-state index contributed by atoms with van der Waals surface area (Å²) in [5.74, 6) is 0.706. The molecule has 0 unspecified atom stereocenters. The Morgan fingerprint density at radius 1 is 1.15 bits per heavy atom. The van der Waals surface area contributed by atoms with Gasteiger partial charge in [0.05, 0.1) is 5.02 Å². The monoisotopic (exact) mass is 412 g/mol. The number of hydrogen-bond donors (Lipinski definition) is 1. The number of halogens is 2. The standard InChI is InChI=1S/C19H22Cl2N2O2S/c1-14-3-2-10-23(13-14)17-7-4-15(5-8-17)12-22-26(24,25)19-11-16(20)6-9-18(19)21/h4-9,11,14,22H,2-3,10,12-13H2,1H3/t14-/m0/s1. The molecule has 0 saturated carbocycles. The summed E-state index contributed by atoms with van der Waals surface area (Å²) < 4.78 is 27.5. The lowest BCUT2D eigenvalue weighted by molar-refractivity contribution is 0.447. The second kappa shape index (κ2) is 8.17. The Bertz CT molecular complexity index is 870. The van der Waals surface area contributed by atoms with E-state index in [4.69, 9.17) is 23.2 Å². The fourth-order valence-electron chi connectivity index (χ4n) is 3.19. The molecule has 1 atom stereocenters. The lowest BCUT2D eigenvalue weighted by Crippen LogP contribution is -2.34. The molecule has 1 saturated heterocycles. The van der Waals surface area contributed by atoms with Crippen LogP contribution in [0.1, 0.15) is 25.3 Å². The average Bonchev–Trinajstić information content (AvgIpc) is 2.62. The van der Waals surface area contributed by atoms with Gasteiger partial charge in [0.2, 0.25) is 10.0 Å². The lowest BCUT2D eigenvalue weighted by atomic mass is 9.99. The number of nitrogens with zero attached hydrogens (tertiary/aromatic N) is 1. The third-order valence-corrected chi connectivity index (χ3v) is 6.73. The fourth-order valence-corrected chi connectivity index (χ4v) is 4.97. The third kappa shape index (κ3) is 4.71. The Morgan fingerprint density at radius 3 is 2.58 bits per heavy atom. The quantitative estimate of drug-likeness (QED) is 0.773. The van der Waals surface area contributed by atoms with Gasteiger partial charge in [0, 0.05) is 30.3 Å². The molecule has 3 rings (SSSR count). The van der Waals surface area contributed by atoms with Gasteiger partial charge in [-0.1, -0.05) is 42.3 Å². The molecular formula is C19H22Cl2N2O2S. The van der Waals surface area contributed by atoms with Crippen molar-refractivity contribution in [3.8, 4) is 0 Å². The molecule has 1 heterocycles. The minimum absolute atomic E-state index is 0.00871. The molecule has 0 spiro atoms. The van der Waals surface area contributed by atoms with Crippen molar-refractivity contribution in [2.75, 3.05) is 18.0 Å². The second-order valence-electron chi connectivity index (χ2n) is 6.76. The summed E-state index contributed by atoms with van der Waals surface area (Å²) in [4.78, 5) is 2.37. The molecule has 0 aromatic heterocycles. The van der Waals surface area contributed by atoms with Crippen molar-refractivity contribution in [3.05, 3.63) is 58.1 Å². The highest BCUT2D eigenvalue weighted by molar-refractivity contribution is 7.89. The molecule has 7 heteroatoms. The summed E-state index contributed by atoms with van der Waals surface area (Å²) in [6, 6.07) is 12.4. The Balaban J connectivity index is 1.67. The van der Waals surface area contributed by atoms with E-state index in [1.54, 1.807) is 6.07 Å². The summed E-state index contributed by atoms with van der Waals surface area (Å²) in [5, 5.41) is 0.478. The molecule has 0 aliphatic carbocycles. The summed E-state index contributed by atoms with van der Waals surface area (Å²) >= 11 is 11.9. The Kier molecular flexibility index (Phi) is 6.13. The van der Waals surface area contributed by atoms with E-state index >= 15 is 0 Å². The molecule has 2 aromatic rings. The summed E-state index contributed by atoms with van der Waals surface area (Å²) in [6.07, 6.45) is 2.49. The van der Waals surface area contributed by atoms with Gasteiger partial charge < -0.3 is 4.90 Å². The lowest BCUT2D eigenvalue weighted by Gasteiger charge is -2.32. The normalized spacial score (nSPS) is 18.1. The number of nitrogens with one attached hydrogen (secondary N) is 1. The summed E-state index contributed by atoms with van der Waals surface area (Å²) in [7, 11) is -3.73. The first-order chi connectivity index (χ1) is 12.3. The van der Waals surface area contributed by atoms with E-state index in [9.17, 15) is 8.42 Å². The number of hydrogen-bond acceptors (Lipinski definition) is 3. The van der Waals surface area contributed by atoms with Crippen molar-refractivity contribution in [1.82, 2.24) is 4.72 Å². The molecule has 0 bridgehead atoms. The Morgan fingerprint density at radius 2 is 1.88 bits per heavy atom. The van der Waals surface area contributed by atoms with Crippen molar-refractivity contribution in [3.63, 3.8) is 0 Å². The zero-order chi connectivity index (χ0) is 18.7. The van der Waals surface area contributed by atoms with Crippen LogP contribution in [-0.2, 0) is 16.6 Å². The van der Waals surface area contributed by atoms with Gasteiger partial charge in [-0.25, -0.2) is 13.1 Å². The smallest absolute Gasteiger partial charge is 0.242 e. The van der Waals surface area contributed by atoms with Crippen LogP contribution in [0.15, 0.2) is 47.4 Å². The maximum absolute atomic E-state index is 12.5. The van der Waals surface area contributed by atoms with Gasteiger partial charge in [-0.15, -0.1) is 0 Å². The van der Waals surface area contributed by atoms with E-state index in [1.807, 2.05) is 24.3 Å². The minimum atomic E-state index is -3.73. The molecule has 1 fully saturated rings. The van der Waals surface area contributed by atoms with Crippen LogP contribution in [0.5, 0.6) is 0 Å². The van der Waals surface area contributed by atoms with Crippen LogP contribution in [0.25, 0.3) is 0 Å². The number of anilines is 1. The van der Waals surface area contributed by atoms with Crippen molar-refractivity contribution in [2.24, 2.45) is 5.92 Å².